The zero-order valence-corrected chi connectivity index (χ0v) is 14.6. The normalized spacial score (nSPS) is 17.3. The van der Waals surface area contributed by atoms with Crippen LogP contribution < -0.4 is 10.2 Å². The van der Waals surface area contributed by atoms with Crippen LogP contribution in [0.2, 0.25) is 5.02 Å². The molecule has 1 unspecified atom stereocenters. The quantitative estimate of drug-likeness (QED) is 0.696. The summed E-state index contributed by atoms with van der Waals surface area (Å²) in [6, 6.07) is 20.4. The first-order valence-corrected chi connectivity index (χ1v) is 8.94. The average molecular weight is 369 g/mol. The van der Waals surface area contributed by atoms with E-state index in [-0.39, 0.29) is 11.1 Å². The molecule has 0 saturated carbocycles. The Balaban J connectivity index is 1.69. The van der Waals surface area contributed by atoms with E-state index in [9.17, 15) is 9.59 Å². The largest absolute Gasteiger partial charge is 0.364 e. The number of thioether (sulfide) groups is 1. The summed E-state index contributed by atoms with van der Waals surface area (Å²) < 4.78 is 0. The Hall–Kier alpha value is -2.50. The Bertz CT molecular complexity index is 987. The topological polar surface area (TPSA) is 49.4 Å². The second-order valence-electron chi connectivity index (χ2n) is 5.56. The second kappa shape index (κ2) is 6.43. The van der Waals surface area contributed by atoms with E-state index in [0.29, 0.717) is 16.4 Å². The van der Waals surface area contributed by atoms with Crippen LogP contribution in [0.15, 0.2) is 66.7 Å². The van der Waals surface area contributed by atoms with Crippen LogP contribution in [0.25, 0.3) is 10.8 Å². The monoisotopic (exact) mass is 368 g/mol. The van der Waals surface area contributed by atoms with Crippen molar-refractivity contribution >= 4 is 56.7 Å². The predicted molar refractivity (Wildman–Crippen MR) is 103 cm³/mol. The molecule has 3 aromatic carbocycles. The van der Waals surface area contributed by atoms with Gasteiger partial charge in [-0.2, -0.15) is 0 Å². The van der Waals surface area contributed by atoms with Crippen molar-refractivity contribution in [2.24, 2.45) is 0 Å². The molecular weight excluding hydrogens is 356 g/mol. The highest BCUT2D eigenvalue weighted by Crippen LogP contribution is 2.36. The van der Waals surface area contributed by atoms with E-state index >= 15 is 0 Å². The van der Waals surface area contributed by atoms with Crippen molar-refractivity contribution < 1.29 is 9.59 Å². The van der Waals surface area contributed by atoms with Gasteiger partial charge in [0.15, 0.2) is 5.37 Å². The fourth-order valence-corrected chi connectivity index (χ4v) is 3.92. The number of amides is 2. The number of halogens is 1. The summed E-state index contributed by atoms with van der Waals surface area (Å²) >= 11 is 7.09. The van der Waals surface area contributed by atoms with E-state index in [1.54, 1.807) is 18.2 Å². The third-order valence-electron chi connectivity index (χ3n) is 4.01. The number of carbonyl (C=O) groups is 2. The van der Waals surface area contributed by atoms with Crippen LogP contribution in [0.1, 0.15) is 0 Å². The highest BCUT2D eigenvalue weighted by Gasteiger charge is 2.41. The first kappa shape index (κ1) is 16.0. The summed E-state index contributed by atoms with van der Waals surface area (Å²) in [6.07, 6.45) is 0. The van der Waals surface area contributed by atoms with E-state index < -0.39 is 5.37 Å². The van der Waals surface area contributed by atoms with E-state index in [0.717, 1.165) is 22.5 Å². The number of nitrogens with one attached hydrogen (secondary N) is 1. The molecule has 0 aliphatic carbocycles. The molecule has 1 aliphatic rings. The van der Waals surface area contributed by atoms with Gasteiger partial charge in [0.25, 0.3) is 11.1 Å². The number of imide groups is 1. The Morgan fingerprint density at radius 2 is 1.64 bits per heavy atom. The van der Waals surface area contributed by atoms with Crippen molar-refractivity contribution in [1.82, 2.24) is 0 Å². The summed E-state index contributed by atoms with van der Waals surface area (Å²) in [5.41, 5.74) is 1.23. The zero-order valence-electron chi connectivity index (χ0n) is 13.0. The molecule has 1 atom stereocenters. The highest BCUT2D eigenvalue weighted by molar-refractivity contribution is 8.16. The first-order chi connectivity index (χ1) is 12.1. The molecule has 1 N–H and O–H groups in total. The lowest BCUT2D eigenvalue weighted by Crippen LogP contribution is -2.34. The van der Waals surface area contributed by atoms with Crippen molar-refractivity contribution in [2.45, 2.75) is 5.37 Å². The van der Waals surface area contributed by atoms with Crippen molar-refractivity contribution in [3.63, 3.8) is 0 Å². The predicted octanol–water partition coefficient (Wildman–Crippen LogP) is 5.13. The van der Waals surface area contributed by atoms with Gasteiger partial charge in [-0.3, -0.25) is 9.59 Å². The van der Waals surface area contributed by atoms with Crippen molar-refractivity contribution in [2.75, 3.05) is 10.2 Å². The molecule has 124 valence electrons. The number of para-hydroxylation sites is 1. The number of fused-ring (bicyclic) bond motifs is 1. The van der Waals surface area contributed by atoms with Crippen LogP contribution >= 0.6 is 23.4 Å². The molecule has 0 aromatic heterocycles. The number of rotatable bonds is 3. The lowest BCUT2D eigenvalue weighted by atomic mass is 10.1. The van der Waals surface area contributed by atoms with Gasteiger partial charge in [-0.1, -0.05) is 60.1 Å². The Morgan fingerprint density at radius 3 is 2.48 bits per heavy atom. The SMILES string of the molecule is O=C1SC(Nc2ccccc2Cl)C(=O)N1c1cccc2ccccc12. The summed E-state index contributed by atoms with van der Waals surface area (Å²) in [5, 5.41) is 4.41. The molecule has 0 bridgehead atoms. The fraction of sp³-hybridized carbons (Fsp3) is 0.0526. The maximum atomic E-state index is 12.9. The molecule has 1 saturated heterocycles. The molecule has 3 aromatic rings. The first-order valence-electron chi connectivity index (χ1n) is 7.68. The maximum absolute atomic E-state index is 12.9. The molecule has 2 amide bonds. The van der Waals surface area contributed by atoms with Gasteiger partial charge in [0.05, 0.1) is 16.4 Å². The molecule has 1 fully saturated rings. The number of benzene rings is 3. The number of hydrogen-bond donors (Lipinski definition) is 1. The minimum atomic E-state index is -0.702. The Labute approximate surface area is 153 Å². The molecule has 0 radical (unpaired) electrons. The third-order valence-corrected chi connectivity index (χ3v) is 5.28. The summed E-state index contributed by atoms with van der Waals surface area (Å²) in [6.45, 7) is 0. The lowest BCUT2D eigenvalue weighted by Gasteiger charge is -2.17. The van der Waals surface area contributed by atoms with E-state index in [4.69, 9.17) is 11.6 Å². The van der Waals surface area contributed by atoms with E-state index in [2.05, 4.69) is 5.32 Å². The second-order valence-corrected chi connectivity index (χ2v) is 7.02. The smallest absolute Gasteiger partial charge is 0.295 e. The number of anilines is 2. The Kier molecular flexibility index (Phi) is 4.11. The molecule has 4 nitrogen and oxygen atoms in total. The molecule has 6 heteroatoms. The minimum absolute atomic E-state index is 0.300. The highest BCUT2D eigenvalue weighted by atomic mass is 35.5. The summed E-state index contributed by atoms with van der Waals surface area (Å²) in [5.74, 6) is -0.300. The van der Waals surface area contributed by atoms with Gasteiger partial charge >= 0.3 is 0 Å². The van der Waals surface area contributed by atoms with Gasteiger partial charge in [0.2, 0.25) is 0 Å². The van der Waals surface area contributed by atoms with Crippen molar-refractivity contribution in [3.05, 3.63) is 71.8 Å². The van der Waals surface area contributed by atoms with E-state index in [1.165, 1.54) is 4.90 Å². The van der Waals surface area contributed by atoms with E-state index in [1.807, 2.05) is 48.5 Å². The van der Waals surface area contributed by atoms with Crippen LogP contribution in [0.3, 0.4) is 0 Å². The lowest BCUT2D eigenvalue weighted by molar-refractivity contribution is -0.116. The average Bonchev–Trinajstić information content (AvgIpc) is 2.90. The minimum Gasteiger partial charge on any atom is -0.364 e. The summed E-state index contributed by atoms with van der Waals surface area (Å²) in [7, 11) is 0. The van der Waals surface area contributed by atoms with Gasteiger partial charge < -0.3 is 5.32 Å². The van der Waals surface area contributed by atoms with Crippen LogP contribution in [0.4, 0.5) is 16.2 Å². The van der Waals surface area contributed by atoms with Crippen LogP contribution in [0, 0.1) is 0 Å². The maximum Gasteiger partial charge on any atom is 0.295 e. The number of nitrogens with zero attached hydrogens (tertiary/aromatic N) is 1. The zero-order chi connectivity index (χ0) is 17.4. The van der Waals surface area contributed by atoms with Gasteiger partial charge in [-0.15, -0.1) is 0 Å². The van der Waals surface area contributed by atoms with Crippen LogP contribution in [0.5, 0.6) is 0 Å². The van der Waals surface area contributed by atoms with Crippen LogP contribution in [-0.4, -0.2) is 16.5 Å². The molecule has 4 rings (SSSR count). The fourth-order valence-electron chi connectivity index (χ4n) is 2.84. The molecule has 25 heavy (non-hydrogen) atoms. The van der Waals surface area contributed by atoms with Gasteiger partial charge in [-0.05, 0) is 35.3 Å². The molecule has 0 spiro atoms. The van der Waals surface area contributed by atoms with Gasteiger partial charge in [0.1, 0.15) is 0 Å². The standard InChI is InChI=1S/C19H13ClN2O2S/c20-14-9-3-4-10-15(14)21-17-18(23)22(19(24)25-17)16-11-5-7-12-6-1-2-8-13(12)16/h1-11,17,21H. The van der Waals surface area contributed by atoms with Gasteiger partial charge in [0, 0.05) is 5.39 Å². The third kappa shape index (κ3) is 2.86. The van der Waals surface area contributed by atoms with Crippen molar-refractivity contribution in [1.29, 1.82) is 0 Å². The van der Waals surface area contributed by atoms with Gasteiger partial charge in [-0.25, -0.2) is 4.90 Å². The summed E-state index contributed by atoms with van der Waals surface area (Å²) in [4.78, 5) is 26.6. The number of carbonyl (C=O) groups excluding carboxylic acids is 2. The number of hydrogen-bond acceptors (Lipinski definition) is 4. The molecule has 1 heterocycles. The Morgan fingerprint density at radius 1 is 0.920 bits per heavy atom. The molecule has 1 aliphatic heterocycles. The van der Waals surface area contributed by atoms with Crippen molar-refractivity contribution in [3.8, 4) is 0 Å². The molecular formula is C19H13ClN2O2S. The van der Waals surface area contributed by atoms with Crippen LogP contribution in [-0.2, 0) is 4.79 Å².